The quantitative estimate of drug-likeness (QED) is 0.608. The van der Waals surface area contributed by atoms with E-state index in [4.69, 9.17) is 18.9 Å². The van der Waals surface area contributed by atoms with E-state index < -0.39 is 11.2 Å². The third kappa shape index (κ3) is 3.13. The van der Waals surface area contributed by atoms with E-state index in [-0.39, 0.29) is 17.6 Å². The molecule has 8 nitrogen and oxygen atoms in total. The average molecular weight is 344 g/mol. The molecule has 4 rings (SSSR count). The minimum absolute atomic E-state index is 0.0277. The van der Waals surface area contributed by atoms with Crippen molar-refractivity contribution in [2.24, 2.45) is 0 Å². The van der Waals surface area contributed by atoms with Crippen molar-refractivity contribution < 1.29 is 23.9 Å². The third-order valence-electron chi connectivity index (χ3n) is 4.15. The van der Waals surface area contributed by atoms with Crippen LogP contribution < -0.4 is 9.47 Å². The Morgan fingerprint density at radius 1 is 1.20 bits per heavy atom. The molecule has 0 amide bonds. The molecular weight excluding hydrogens is 328 g/mol. The van der Waals surface area contributed by atoms with Crippen LogP contribution in [0.4, 0.5) is 5.82 Å². The van der Waals surface area contributed by atoms with E-state index in [1.807, 2.05) is 18.2 Å². The third-order valence-corrected chi connectivity index (χ3v) is 4.15. The first kappa shape index (κ1) is 15.8. The summed E-state index contributed by atoms with van der Waals surface area (Å²) in [5.41, 5.74) is 1.94. The minimum atomic E-state index is -0.548. The summed E-state index contributed by atoms with van der Waals surface area (Å²) in [7, 11) is 0. The lowest BCUT2D eigenvalue weighted by molar-refractivity contribution is -0.389. The molecule has 25 heavy (non-hydrogen) atoms. The number of aromatic nitrogens is 1. The molecule has 0 radical (unpaired) electrons. The first-order valence-electron chi connectivity index (χ1n) is 7.95. The summed E-state index contributed by atoms with van der Waals surface area (Å²) in [5.74, 6) is 0.736. The van der Waals surface area contributed by atoms with Gasteiger partial charge in [-0.05, 0) is 17.1 Å². The summed E-state index contributed by atoms with van der Waals surface area (Å²) in [6.45, 7) is 1.89. The van der Waals surface area contributed by atoms with Crippen LogP contribution in [0.3, 0.4) is 0 Å². The molecule has 0 aliphatic carbocycles. The van der Waals surface area contributed by atoms with Crippen LogP contribution >= 0.6 is 0 Å². The fourth-order valence-electron chi connectivity index (χ4n) is 3.04. The van der Waals surface area contributed by atoms with Crippen molar-refractivity contribution in [1.29, 1.82) is 0 Å². The Hall–Kier alpha value is -2.71. The number of nitro groups is 1. The summed E-state index contributed by atoms with van der Waals surface area (Å²) in [4.78, 5) is 14.1. The van der Waals surface area contributed by atoms with Crippen LogP contribution in [0.15, 0.2) is 36.4 Å². The number of ether oxygens (including phenoxy) is 4. The van der Waals surface area contributed by atoms with Gasteiger partial charge in [0.1, 0.15) is 12.4 Å². The Bertz CT molecular complexity index is 790. The van der Waals surface area contributed by atoms with E-state index in [0.29, 0.717) is 26.4 Å². The summed E-state index contributed by atoms with van der Waals surface area (Å²) < 4.78 is 22.6. The molecule has 0 spiro atoms. The number of hydrogen-bond acceptors (Lipinski definition) is 7. The molecular formula is C17H16N2O6. The Morgan fingerprint density at radius 2 is 2.00 bits per heavy atom. The van der Waals surface area contributed by atoms with E-state index in [1.54, 1.807) is 12.1 Å². The lowest BCUT2D eigenvalue weighted by Crippen LogP contribution is -2.14. The maximum absolute atomic E-state index is 10.8. The number of rotatable bonds is 5. The molecule has 2 aromatic rings. The van der Waals surface area contributed by atoms with Crippen LogP contribution in [0, 0.1) is 10.1 Å². The fraction of sp³-hybridized carbons (Fsp3) is 0.353. The first-order valence-corrected chi connectivity index (χ1v) is 7.95. The zero-order chi connectivity index (χ0) is 17.2. The topological polar surface area (TPSA) is 93.0 Å². The summed E-state index contributed by atoms with van der Waals surface area (Å²) >= 11 is 0. The molecule has 1 saturated heterocycles. The van der Waals surface area contributed by atoms with Gasteiger partial charge in [-0.1, -0.05) is 12.1 Å². The van der Waals surface area contributed by atoms with Crippen molar-refractivity contribution in [2.75, 3.05) is 26.4 Å². The van der Waals surface area contributed by atoms with E-state index in [2.05, 4.69) is 4.98 Å². The summed E-state index contributed by atoms with van der Waals surface area (Å²) in [6, 6.07) is 10.2. The zero-order valence-electron chi connectivity index (χ0n) is 13.3. The Labute approximate surface area is 143 Å². The van der Waals surface area contributed by atoms with E-state index in [0.717, 1.165) is 16.9 Å². The minimum Gasteiger partial charge on any atom is -0.493 e. The first-order chi connectivity index (χ1) is 12.2. The second kappa shape index (κ2) is 6.66. The largest absolute Gasteiger partial charge is 0.493 e. The van der Waals surface area contributed by atoms with Crippen LogP contribution in [0.5, 0.6) is 11.6 Å². The van der Waals surface area contributed by atoms with Crippen LogP contribution in [0.1, 0.15) is 23.3 Å². The Balaban J connectivity index is 1.53. The number of fused-ring (bicyclic) bond motifs is 1. The normalized spacial score (nSPS) is 19.4. The highest BCUT2D eigenvalue weighted by Gasteiger charge is 2.32. The summed E-state index contributed by atoms with van der Waals surface area (Å²) in [6.07, 6.45) is -0.393. The van der Waals surface area contributed by atoms with E-state index in [1.165, 1.54) is 6.07 Å². The predicted molar refractivity (Wildman–Crippen MR) is 85.7 cm³/mol. The van der Waals surface area contributed by atoms with Gasteiger partial charge < -0.3 is 29.1 Å². The number of hydrogen-bond donors (Lipinski definition) is 0. The molecule has 1 aromatic heterocycles. The Kier molecular flexibility index (Phi) is 4.21. The predicted octanol–water partition coefficient (Wildman–Crippen LogP) is 2.59. The number of pyridine rings is 1. The number of nitrogens with zero attached hydrogens (tertiary/aromatic N) is 2. The average Bonchev–Trinajstić information content (AvgIpc) is 3.30. The maximum Gasteiger partial charge on any atom is 0.367 e. The van der Waals surface area contributed by atoms with Crippen LogP contribution in [0.25, 0.3) is 0 Å². The standard InChI is InChI=1S/C17H16N2O6/c20-19(21)14-5-2-6-15(18-14)25-10-11-9-24-13-4-1-3-12(16(11)13)17-22-7-8-23-17/h1-6,11,17H,7-10H2/t11-/m1/s1. The summed E-state index contributed by atoms with van der Waals surface area (Å²) in [5, 5.41) is 10.8. The highest BCUT2D eigenvalue weighted by molar-refractivity contribution is 5.46. The van der Waals surface area contributed by atoms with Gasteiger partial charge in [0.05, 0.1) is 25.7 Å². The van der Waals surface area contributed by atoms with E-state index in [9.17, 15) is 10.1 Å². The molecule has 8 heteroatoms. The van der Waals surface area contributed by atoms with Gasteiger partial charge in [0.2, 0.25) is 0 Å². The zero-order valence-corrected chi connectivity index (χ0v) is 13.3. The molecule has 2 aliphatic rings. The van der Waals surface area contributed by atoms with Gasteiger partial charge >= 0.3 is 11.7 Å². The van der Waals surface area contributed by atoms with Crippen molar-refractivity contribution in [3.8, 4) is 11.6 Å². The van der Waals surface area contributed by atoms with Crippen molar-refractivity contribution in [3.63, 3.8) is 0 Å². The SMILES string of the molecule is O=[N+]([O-])c1cccc(OC[C@H]2COc3cccc(C4OCCO4)c32)n1. The van der Waals surface area contributed by atoms with Crippen molar-refractivity contribution in [2.45, 2.75) is 12.2 Å². The maximum atomic E-state index is 10.8. The molecule has 1 aromatic carbocycles. The monoisotopic (exact) mass is 344 g/mol. The highest BCUT2D eigenvalue weighted by atomic mass is 16.7. The molecule has 0 bridgehead atoms. The van der Waals surface area contributed by atoms with Crippen LogP contribution in [-0.4, -0.2) is 36.3 Å². The van der Waals surface area contributed by atoms with Crippen LogP contribution in [0.2, 0.25) is 0 Å². The van der Waals surface area contributed by atoms with Gasteiger partial charge in [-0.25, -0.2) is 0 Å². The second-order valence-electron chi connectivity index (χ2n) is 5.74. The lowest BCUT2D eigenvalue weighted by Gasteiger charge is -2.16. The molecule has 1 fully saturated rings. The van der Waals surface area contributed by atoms with Gasteiger partial charge in [-0.15, -0.1) is 0 Å². The van der Waals surface area contributed by atoms with Crippen molar-refractivity contribution >= 4 is 5.82 Å². The molecule has 0 N–H and O–H groups in total. The second-order valence-corrected chi connectivity index (χ2v) is 5.74. The molecule has 130 valence electrons. The van der Waals surface area contributed by atoms with Gasteiger partial charge in [0.25, 0.3) is 0 Å². The van der Waals surface area contributed by atoms with Crippen molar-refractivity contribution in [3.05, 3.63) is 57.6 Å². The molecule has 3 heterocycles. The number of benzene rings is 1. The van der Waals surface area contributed by atoms with Gasteiger partial charge in [0.15, 0.2) is 6.29 Å². The molecule has 0 saturated carbocycles. The molecule has 2 aliphatic heterocycles. The van der Waals surface area contributed by atoms with Crippen molar-refractivity contribution in [1.82, 2.24) is 4.98 Å². The van der Waals surface area contributed by atoms with Gasteiger partial charge in [-0.3, -0.25) is 0 Å². The molecule has 1 atom stereocenters. The molecule has 0 unspecified atom stereocenters. The Morgan fingerprint density at radius 3 is 2.80 bits per heavy atom. The van der Waals surface area contributed by atoms with E-state index >= 15 is 0 Å². The lowest BCUT2D eigenvalue weighted by atomic mass is 9.96. The van der Waals surface area contributed by atoms with Crippen LogP contribution in [-0.2, 0) is 9.47 Å². The van der Waals surface area contributed by atoms with Gasteiger partial charge in [-0.2, -0.15) is 0 Å². The highest BCUT2D eigenvalue weighted by Crippen LogP contribution is 2.41. The van der Waals surface area contributed by atoms with Gasteiger partial charge in [0, 0.05) is 28.2 Å². The smallest absolute Gasteiger partial charge is 0.367 e. The fourth-order valence-corrected chi connectivity index (χ4v) is 3.04.